The highest BCUT2D eigenvalue weighted by Gasteiger charge is 2.08. The van der Waals surface area contributed by atoms with E-state index in [9.17, 15) is 0 Å². The molecule has 1 N–H and O–H groups in total. The average Bonchev–Trinajstić information content (AvgIpc) is 2.16. The SMILES string of the molecule is N#CC[C@@H](CO)c1ccc(Cl)cc1. The van der Waals surface area contributed by atoms with Gasteiger partial charge in [0.25, 0.3) is 0 Å². The summed E-state index contributed by atoms with van der Waals surface area (Å²) in [6.07, 6.45) is 0.331. The second-order valence-corrected chi connectivity index (χ2v) is 3.23. The van der Waals surface area contributed by atoms with Crippen LogP contribution in [0.3, 0.4) is 0 Å². The molecule has 0 unspecified atom stereocenters. The maximum atomic E-state index is 9.00. The van der Waals surface area contributed by atoms with Gasteiger partial charge in [-0.1, -0.05) is 23.7 Å². The third kappa shape index (κ3) is 2.73. The van der Waals surface area contributed by atoms with E-state index in [1.165, 1.54) is 0 Å². The van der Waals surface area contributed by atoms with Crippen molar-refractivity contribution in [1.82, 2.24) is 0 Å². The standard InChI is InChI=1S/C10H10ClNO/c11-10-3-1-8(2-4-10)9(7-13)5-6-12/h1-4,9,13H,5,7H2/t9-/m0/s1. The fraction of sp³-hybridized carbons (Fsp3) is 0.300. The first-order valence-electron chi connectivity index (χ1n) is 4.01. The van der Waals surface area contributed by atoms with E-state index in [-0.39, 0.29) is 12.5 Å². The third-order valence-corrected chi connectivity index (χ3v) is 2.15. The Hall–Kier alpha value is -1.04. The lowest BCUT2D eigenvalue weighted by molar-refractivity contribution is 0.266. The summed E-state index contributed by atoms with van der Waals surface area (Å²) in [5, 5.41) is 18.2. The van der Waals surface area contributed by atoms with Gasteiger partial charge >= 0.3 is 0 Å². The number of aliphatic hydroxyl groups is 1. The molecule has 0 saturated carbocycles. The number of hydrogen-bond donors (Lipinski definition) is 1. The molecular weight excluding hydrogens is 186 g/mol. The molecule has 3 heteroatoms. The Bertz CT molecular complexity index is 302. The second-order valence-electron chi connectivity index (χ2n) is 2.79. The molecule has 0 bridgehead atoms. The number of rotatable bonds is 3. The van der Waals surface area contributed by atoms with Crippen molar-refractivity contribution in [3.05, 3.63) is 34.9 Å². The Morgan fingerprint density at radius 1 is 1.38 bits per heavy atom. The number of hydrogen-bond acceptors (Lipinski definition) is 2. The van der Waals surface area contributed by atoms with Gasteiger partial charge in [0.05, 0.1) is 12.7 Å². The zero-order chi connectivity index (χ0) is 9.68. The Kier molecular flexibility index (Phi) is 3.75. The van der Waals surface area contributed by atoms with Crippen molar-refractivity contribution in [2.45, 2.75) is 12.3 Å². The van der Waals surface area contributed by atoms with E-state index >= 15 is 0 Å². The lowest BCUT2D eigenvalue weighted by atomic mass is 9.97. The van der Waals surface area contributed by atoms with Crippen LogP contribution in [0.2, 0.25) is 5.02 Å². The minimum Gasteiger partial charge on any atom is -0.396 e. The van der Waals surface area contributed by atoms with Gasteiger partial charge in [0.2, 0.25) is 0 Å². The van der Waals surface area contributed by atoms with E-state index in [1.54, 1.807) is 12.1 Å². The molecule has 0 aromatic heterocycles. The number of nitriles is 1. The second kappa shape index (κ2) is 4.86. The van der Waals surface area contributed by atoms with Crippen LogP contribution in [0.25, 0.3) is 0 Å². The van der Waals surface area contributed by atoms with E-state index in [1.807, 2.05) is 18.2 Å². The van der Waals surface area contributed by atoms with Gasteiger partial charge < -0.3 is 5.11 Å². The van der Waals surface area contributed by atoms with E-state index in [0.29, 0.717) is 11.4 Å². The van der Waals surface area contributed by atoms with Crippen molar-refractivity contribution in [2.75, 3.05) is 6.61 Å². The zero-order valence-corrected chi connectivity index (χ0v) is 7.83. The molecular formula is C10H10ClNO. The minimum atomic E-state index is -0.0951. The largest absolute Gasteiger partial charge is 0.396 e. The molecule has 0 spiro atoms. The molecule has 0 aliphatic rings. The topological polar surface area (TPSA) is 44.0 Å². The first kappa shape index (κ1) is 10.0. The Morgan fingerprint density at radius 2 is 2.00 bits per heavy atom. The molecule has 68 valence electrons. The maximum Gasteiger partial charge on any atom is 0.0629 e. The number of nitrogens with zero attached hydrogens (tertiary/aromatic N) is 1. The Morgan fingerprint density at radius 3 is 2.46 bits per heavy atom. The highest BCUT2D eigenvalue weighted by molar-refractivity contribution is 6.30. The fourth-order valence-electron chi connectivity index (χ4n) is 1.13. The first-order valence-corrected chi connectivity index (χ1v) is 4.39. The summed E-state index contributed by atoms with van der Waals surface area (Å²) in [5.41, 5.74) is 0.952. The summed E-state index contributed by atoms with van der Waals surface area (Å²) in [4.78, 5) is 0. The Balaban J connectivity index is 2.80. The molecule has 0 fully saturated rings. The molecule has 1 rings (SSSR count). The van der Waals surface area contributed by atoms with Gasteiger partial charge in [-0.2, -0.15) is 5.26 Å². The number of halogens is 1. The van der Waals surface area contributed by atoms with Gasteiger partial charge in [-0.25, -0.2) is 0 Å². The molecule has 1 atom stereocenters. The van der Waals surface area contributed by atoms with Crippen LogP contribution in [0.4, 0.5) is 0 Å². The van der Waals surface area contributed by atoms with Crippen LogP contribution in [-0.2, 0) is 0 Å². The van der Waals surface area contributed by atoms with Gasteiger partial charge in [0.1, 0.15) is 0 Å². The summed E-state index contributed by atoms with van der Waals surface area (Å²) in [6, 6.07) is 9.23. The summed E-state index contributed by atoms with van der Waals surface area (Å²) in [6.45, 7) is -0.00477. The van der Waals surface area contributed by atoms with Crippen molar-refractivity contribution in [3.8, 4) is 6.07 Å². The summed E-state index contributed by atoms with van der Waals surface area (Å²) in [7, 11) is 0. The van der Waals surface area contributed by atoms with Crippen LogP contribution in [0.1, 0.15) is 17.9 Å². The molecule has 1 aromatic rings. The van der Waals surface area contributed by atoms with Gasteiger partial charge in [-0.05, 0) is 17.7 Å². The van der Waals surface area contributed by atoms with Crippen molar-refractivity contribution in [1.29, 1.82) is 5.26 Å². The average molecular weight is 196 g/mol. The van der Waals surface area contributed by atoms with Gasteiger partial charge in [-0.3, -0.25) is 0 Å². The smallest absolute Gasteiger partial charge is 0.0629 e. The van der Waals surface area contributed by atoms with Crippen LogP contribution >= 0.6 is 11.6 Å². The normalized spacial score (nSPS) is 12.1. The molecule has 2 nitrogen and oxygen atoms in total. The zero-order valence-electron chi connectivity index (χ0n) is 7.07. The molecule has 0 radical (unpaired) electrons. The highest BCUT2D eigenvalue weighted by atomic mass is 35.5. The fourth-order valence-corrected chi connectivity index (χ4v) is 1.26. The van der Waals surface area contributed by atoms with Crippen molar-refractivity contribution >= 4 is 11.6 Å². The molecule has 1 aromatic carbocycles. The first-order chi connectivity index (χ1) is 6.27. The van der Waals surface area contributed by atoms with Crippen molar-refractivity contribution in [2.24, 2.45) is 0 Å². The van der Waals surface area contributed by atoms with E-state index in [2.05, 4.69) is 0 Å². The van der Waals surface area contributed by atoms with Crippen molar-refractivity contribution in [3.63, 3.8) is 0 Å². The van der Waals surface area contributed by atoms with Gasteiger partial charge in [-0.15, -0.1) is 0 Å². The molecule has 0 amide bonds. The molecule has 0 heterocycles. The van der Waals surface area contributed by atoms with Gasteiger partial charge in [0.15, 0.2) is 0 Å². The van der Waals surface area contributed by atoms with Crippen LogP contribution in [0, 0.1) is 11.3 Å². The highest BCUT2D eigenvalue weighted by Crippen LogP contribution is 2.20. The van der Waals surface area contributed by atoms with Gasteiger partial charge in [0, 0.05) is 17.4 Å². The number of aliphatic hydroxyl groups excluding tert-OH is 1. The monoisotopic (exact) mass is 195 g/mol. The van der Waals surface area contributed by atoms with Crippen LogP contribution in [0.15, 0.2) is 24.3 Å². The Labute approximate surface area is 82.4 Å². The quantitative estimate of drug-likeness (QED) is 0.805. The van der Waals surface area contributed by atoms with E-state index in [4.69, 9.17) is 22.0 Å². The lowest BCUT2D eigenvalue weighted by Gasteiger charge is -2.09. The minimum absolute atomic E-state index is 0.00477. The molecule has 13 heavy (non-hydrogen) atoms. The maximum absolute atomic E-state index is 9.00. The molecule has 0 saturated heterocycles. The van der Waals surface area contributed by atoms with E-state index in [0.717, 1.165) is 5.56 Å². The molecule has 0 aliphatic heterocycles. The van der Waals surface area contributed by atoms with Crippen LogP contribution in [0.5, 0.6) is 0 Å². The van der Waals surface area contributed by atoms with Crippen LogP contribution in [-0.4, -0.2) is 11.7 Å². The summed E-state index contributed by atoms with van der Waals surface area (Å²) in [5.74, 6) is -0.0951. The summed E-state index contributed by atoms with van der Waals surface area (Å²) < 4.78 is 0. The lowest BCUT2D eigenvalue weighted by Crippen LogP contribution is -2.02. The summed E-state index contributed by atoms with van der Waals surface area (Å²) >= 11 is 5.71. The number of benzene rings is 1. The predicted octanol–water partition coefficient (Wildman–Crippen LogP) is 2.33. The predicted molar refractivity (Wildman–Crippen MR) is 51.5 cm³/mol. The molecule has 0 aliphatic carbocycles. The van der Waals surface area contributed by atoms with Crippen molar-refractivity contribution < 1.29 is 5.11 Å². The van der Waals surface area contributed by atoms with Crippen LogP contribution < -0.4 is 0 Å². The third-order valence-electron chi connectivity index (χ3n) is 1.90. The van der Waals surface area contributed by atoms with E-state index < -0.39 is 0 Å².